The van der Waals surface area contributed by atoms with Crippen LogP contribution in [0.1, 0.15) is 34.8 Å². The topological polar surface area (TPSA) is 99.1 Å². The molecule has 4 heterocycles. The number of hydrogen-bond donors (Lipinski definition) is 1. The van der Waals surface area contributed by atoms with Crippen molar-refractivity contribution in [1.29, 1.82) is 0 Å². The number of hydrogen-bond acceptors (Lipinski definition) is 6. The van der Waals surface area contributed by atoms with Gasteiger partial charge in [-0.05, 0) is 38.1 Å². The van der Waals surface area contributed by atoms with Crippen LogP contribution in [0, 0.1) is 0 Å². The lowest BCUT2D eigenvalue weighted by Crippen LogP contribution is -2.09. The van der Waals surface area contributed by atoms with E-state index in [4.69, 9.17) is 32.7 Å². The van der Waals surface area contributed by atoms with Gasteiger partial charge in [0.2, 0.25) is 0 Å². The fourth-order valence-electron chi connectivity index (χ4n) is 3.04. The number of pyridine rings is 2. The molecule has 0 spiro atoms. The van der Waals surface area contributed by atoms with Crippen molar-refractivity contribution in [2.45, 2.75) is 26.8 Å². The summed E-state index contributed by atoms with van der Waals surface area (Å²) in [5.41, 5.74) is 2.53. The van der Waals surface area contributed by atoms with E-state index in [1.807, 2.05) is 0 Å². The Morgan fingerprint density at radius 2 is 1.59 bits per heavy atom. The Balaban J connectivity index is 0.000000196. The van der Waals surface area contributed by atoms with Crippen LogP contribution in [0.5, 0.6) is 0 Å². The second-order valence-electron chi connectivity index (χ2n) is 6.75. The van der Waals surface area contributed by atoms with Crippen molar-refractivity contribution >= 4 is 57.2 Å². The number of carbonyl (C=O) groups excluding carboxylic acids is 2. The van der Waals surface area contributed by atoms with Crippen LogP contribution in [0.2, 0.25) is 10.0 Å². The zero-order valence-corrected chi connectivity index (χ0v) is 19.7. The van der Waals surface area contributed by atoms with Gasteiger partial charge in [-0.1, -0.05) is 23.2 Å². The third-order valence-corrected chi connectivity index (χ3v) is 5.04. The van der Waals surface area contributed by atoms with E-state index in [9.17, 15) is 18.4 Å². The van der Waals surface area contributed by atoms with Crippen LogP contribution in [-0.2, 0) is 16.0 Å². The molecular formula is C22H20Cl2F2N4O4. The monoisotopic (exact) mass is 512 g/mol. The highest BCUT2D eigenvalue weighted by Gasteiger charge is 2.17. The summed E-state index contributed by atoms with van der Waals surface area (Å²) in [4.78, 5) is 34.2. The van der Waals surface area contributed by atoms with Gasteiger partial charge in [-0.15, -0.1) is 0 Å². The zero-order valence-electron chi connectivity index (χ0n) is 18.1. The van der Waals surface area contributed by atoms with Crippen LogP contribution >= 0.6 is 23.2 Å². The lowest BCUT2D eigenvalue weighted by molar-refractivity contribution is 0.0510. The molecule has 0 radical (unpaired) electrons. The molecule has 0 aliphatic carbocycles. The molecule has 0 amide bonds. The quantitative estimate of drug-likeness (QED) is 0.341. The standard InChI is InChI=1S/C12H11ClF2N2O2.C10H9ClN2O2/c1-2-19-12(18)11-7(13)5-9-8(16-11)3-4-17(9)6-10(14)15;1-2-15-10(14)9-6(11)5-8-7(13-9)3-4-12-8/h3-5,10H,2,6H2,1H3;3-5,12H,2H2,1H3. The number of fused-ring (bicyclic) bond motifs is 2. The Labute approximate surface area is 202 Å². The Morgan fingerprint density at radius 1 is 1.00 bits per heavy atom. The molecule has 34 heavy (non-hydrogen) atoms. The molecule has 0 atom stereocenters. The maximum atomic E-state index is 12.4. The molecule has 0 saturated heterocycles. The van der Waals surface area contributed by atoms with Crippen LogP contribution in [0.25, 0.3) is 22.1 Å². The van der Waals surface area contributed by atoms with E-state index in [1.54, 1.807) is 38.2 Å². The maximum Gasteiger partial charge on any atom is 0.358 e. The minimum Gasteiger partial charge on any atom is -0.461 e. The predicted molar refractivity (Wildman–Crippen MR) is 124 cm³/mol. The van der Waals surface area contributed by atoms with Gasteiger partial charge in [0.15, 0.2) is 11.4 Å². The molecule has 12 heteroatoms. The molecule has 8 nitrogen and oxygen atoms in total. The molecule has 180 valence electrons. The minimum absolute atomic E-state index is 0.00851. The van der Waals surface area contributed by atoms with Crippen molar-refractivity contribution < 1.29 is 27.8 Å². The van der Waals surface area contributed by atoms with Crippen molar-refractivity contribution in [3.8, 4) is 0 Å². The van der Waals surface area contributed by atoms with Gasteiger partial charge in [0.1, 0.15) is 0 Å². The summed E-state index contributed by atoms with van der Waals surface area (Å²) in [5.74, 6) is -1.12. The smallest absolute Gasteiger partial charge is 0.358 e. The van der Waals surface area contributed by atoms with E-state index >= 15 is 0 Å². The molecule has 4 aromatic heterocycles. The average Bonchev–Trinajstić information content (AvgIpc) is 3.39. The number of alkyl halides is 2. The van der Waals surface area contributed by atoms with Crippen LogP contribution < -0.4 is 0 Å². The summed E-state index contributed by atoms with van der Waals surface area (Å²) < 4.78 is 35.8. The molecule has 4 aromatic rings. The molecule has 4 rings (SSSR count). The number of nitrogens with zero attached hydrogens (tertiary/aromatic N) is 3. The molecule has 0 aromatic carbocycles. The van der Waals surface area contributed by atoms with Crippen LogP contribution in [-0.4, -0.2) is 51.1 Å². The van der Waals surface area contributed by atoms with E-state index in [0.717, 1.165) is 5.52 Å². The van der Waals surface area contributed by atoms with Crippen molar-refractivity contribution in [3.63, 3.8) is 0 Å². The molecule has 0 aliphatic rings. The van der Waals surface area contributed by atoms with Gasteiger partial charge in [-0.2, -0.15) is 0 Å². The number of rotatable bonds is 6. The summed E-state index contributed by atoms with van der Waals surface area (Å²) >= 11 is 11.8. The van der Waals surface area contributed by atoms with Crippen LogP contribution in [0.4, 0.5) is 8.78 Å². The molecule has 1 N–H and O–H groups in total. The Morgan fingerprint density at radius 3 is 2.18 bits per heavy atom. The normalized spacial score (nSPS) is 10.9. The molecule has 0 saturated carbocycles. The first-order valence-electron chi connectivity index (χ1n) is 10.2. The number of H-pyrrole nitrogens is 1. The molecule has 0 bridgehead atoms. The third-order valence-electron chi connectivity index (χ3n) is 4.46. The highest BCUT2D eigenvalue weighted by Crippen LogP contribution is 2.23. The largest absolute Gasteiger partial charge is 0.461 e. The SMILES string of the molecule is CCOC(=O)c1nc2cc[nH]c2cc1Cl.CCOC(=O)c1nc2ccn(CC(F)F)c2cc1Cl. The number of halogens is 4. The molecule has 0 unspecified atom stereocenters. The van der Waals surface area contributed by atoms with Gasteiger partial charge in [-0.25, -0.2) is 28.3 Å². The second kappa shape index (κ2) is 11.3. The zero-order chi connectivity index (χ0) is 24.8. The maximum absolute atomic E-state index is 12.4. The molecule has 0 fully saturated rings. The van der Waals surface area contributed by atoms with E-state index in [0.29, 0.717) is 28.2 Å². The van der Waals surface area contributed by atoms with Gasteiger partial charge < -0.3 is 19.0 Å². The van der Waals surface area contributed by atoms with Crippen LogP contribution in [0.15, 0.2) is 36.7 Å². The number of carbonyl (C=O) groups is 2. The highest BCUT2D eigenvalue weighted by molar-refractivity contribution is 6.34. The van der Waals surface area contributed by atoms with Crippen molar-refractivity contribution in [2.24, 2.45) is 0 Å². The lowest BCUT2D eigenvalue weighted by Gasteiger charge is -2.06. The van der Waals surface area contributed by atoms with Crippen molar-refractivity contribution in [1.82, 2.24) is 19.5 Å². The third kappa shape index (κ3) is 5.81. The summed E-state index contributed by atoms with van der Waals surface area (Å²) in [6.07, 6.45) is 0.747. The first kappa shape index (κ1) is 25.4. The second-order valence-corrected chi connectivity index (χ2v) is 7.57. The Bertz CT molecular complexity index is 1320. The van der Waals surface area contributed by atoms with Gasteiger partial charge in [0.05, 0.1) is 51.9 Å². The summed E-state index contributed by atoms with van der Waals surface area (Å²) in [7, 11) is 0. The number of aromatic nitrogens is 4. The van der Waals surface area contributed by atoms with E-state index in [2.05, 4.69) is 15.0 Å². The van der Waals surface area contributed by atoms with Crippen molar-refractivity contribution in [2.75, 3.05) is 13.2 Å². The van der Waals surface area contributed by atoms with Gasteiger partial charge in [-0.3, -0.25) is 0 Å². The van der Waals surface area contributed by atoms with Crippen LogP contribution in [0.3, 0.4) is 0 Å². The fourth-order valence-corrected chi connectivity index (χ4v) is 3.49. The first-order chi connectivity index (χ1) is 16.2. The number of ether oxygens (including phenoxy) is 2. The van der Waals surface area contributed by atoms with Gasteiger partial charge in [0.25, 0.3) is 6.43 Å². The van der Waals surface area contributed by atoms with E-state index < -0.39 is 24.9 Å². The van der Waals surface area contributed by atoms with E-state index in [1.165, 1.54) is 16.8 Å². The highest BCUT2D eigenvalue weighted by atomic mass is 35.5. The van der Waals surface area contributed by atoms with Gasteiger partial charge >= 0.3 is 11.9 Å². The predicted octanol–water partition coefficient (Wildman–Crippen LogP) is 5.52. The Hall–Kier alpha value is -3.24. The van der Waals surface area contributed by atoms with E-state index in [-0.39, 0.29) is 23.0 Å². The first-order valence-corrected chi connectivity index (χ1v) is 10.9. The average molecular weight is 513 g/mol. The number of esters is 2. The number of nitrogens with one attached hydrogen (secondary N) is 1. The van der Waals surface area contributed by atoms with Gasteiger partial charge in [0, 0.05) is 12.4 Å². The molecular weight excluding hydrogens is 493 g/mol. The minimum atomic E-state index is -2.47. The number of aromatic amines is 1. The summed E-state index contributed by atoms with van der Waals surface area (Å²) in [5, 5.41) is 0.378. The molecule has 0 aliphatic heterocycles. The summed E-state index contributed by atoms with van der Waals surface area (Å²) in [6, 6.07) is 6.43. The van der Waals surface area contributed by atoms with Crippen molar-refractivity contribution in [3.05, 3.63) is 58.1 Å². The Kier molecular flexibility index (Phi) is 8.41. The lowest BCUT2D eigenvalue weighted by atomic mass is 10.3. The fraction of sp³-hybridized carbons (Fsp3) is 0.273. The summed E-state index contributed by atoms with van der Waals surface area (Å²) in [6.45, 7) is 3.48.